The summed E-state index contributed by atoms with van der Waals surface area (Å²) in [7, 11) is 1.98. The Morgan fingerprint density at radius 3 is 2.52 bits per heavy atom. The van der Waals surface area contributed by atoms with Crippen LogP contribution >= 0.6 is 0 Å². The highest BCUT2D eigenvalue weighted by molar-refractivity contribution is 5.80. The van der Waals surface area contributed by atoms with Crippen molar-refractivity contribution < 1.29 is 9.18 Å². The maximum atomic E-state index is 13.3. The van der Waals surface area contributed by atoms with Crippen molar-refractivity contribution >= 4 is 5.91 Å². The van der Waals surface area contributed by atoms with Crippen LogP contribution in [0.5, 0.6) is 0 Å². The Kier molecular flexibility index (Phi) is 6.09. The molecular weight excluding hydrogens is 367 g/mol. The molecule has 154 valence electrons. The van der Waals surface area contributed by atoms with Crippen molar-refractivity contribution in [3.63, 3.8) is 0 Å². The normalized spacial score (nSPS) is 21.5. The first-order chi connectivity index (χ1) is 14.1. The van der Waals surface area contributed by atoms with Gasteiger partial charge in [0.25, 0.3) is 0 Å². The summed E-state index contributed by atoms with van der Waals surface area (Å²) in [4.78, 5) is 17.7. The van der Waals surface area contributed by atoms with Crippen molar-refractivity contribution in [2.75, 3.05) is 19.6 Å². The number of benzene rings is 1. The van der Waals surface area contributed by atoms with Crippen molar-refractivity contribution in [2.45, 2.75) is 32.4 Å². The molecule has 0 spiro atoms. The van der Waals surface area contributed by atoms with Crippen LogP contribution in [0, 0.1) is 17.7 Å². The predicted molar refractivity (Wildman–Crippen MR) is 110 cm³/mol. The van der Waals surface area contributed by atoms with Gasteiger partial charge < -0.3 is 4.90 Å². The highest BCUT2D eigenvalue weighted by Crippen LogP contribution is 2.31. The maximum absolute atomic E-state index is 13.3. The molecule has 1 fully saturated rings. The average molecular weight is 397 g/mol. The molecule has 5 nitrogen and oxygen atoms in total. The molecule has 0 aliphatic carbocycles. The third-order valence-corrected chi connectivity index (χ3v) is 6.31. The first kappa shape index (κ1) is 19.8. The third-order valence-electron chi connectivity index (χ3n) is 6.31. The van der Waals surface area contributed by atoms with Crippen LogP contribution in [0.3, 0.4) is 0 Å². The summed E-state index contributed by atoms with van der Waals surface area (Å²) in [5.74, 6) is 0.466. The Labute approximate surface area is 171 Å². The molecule has 1 aromatic heterocycles. The van der Waals surface area contributed by atoms with Crippen molar-refractivity contribution in [3.05, 3.63) is 65.8 Å². The lowest BCUT2D eigenvalue weighted by molar-refractivity contribution is -0.137. The van der Waals surface area contributed by atoms with Gasteiger partial charge in [-0.25, -0.2) is 4.39 Å². The van der Waals surface area contributed by atoms with Crippen molar-refractivity contribution in [1.29, 1.82) is 0 Å². The molecular formula is C23H29FN4O. The van der Waals surface area contributed by atoms with Crippen LogP contribution in [0.4, 0.5) is 4.39 Å². The van der Waals surface area contributed by atoms with Gasteiger partial charge in [0, 0.05) is 38.8 Å². The minimum Gasteiger partial charge on any atom is -0.334 e. The first-order valence-electron chi connectivity index (χ1n) is 10.5. The van der Waals surface area contributed by atoms with E-state index in [1.807, 2.05) is 22.8 Å². The molecule has 1 saturated heterocycles. The van der Waals surface area contributed by atoms with E-state index in [0.717, 1.165) is 44.5 Å². The highest BCUT2D eigenvalue weighted by atomic mass is 19.1. The number of rotatable bonds is 5. The van der Waals surface area contributed by atoms with Crippen LogP contribution in [0.15, 0.2) is 48.7 Å². The number of nitrogens with zero attached hydrogens (tertiary/aromatic N) is 4. The zero-order chi connectivity index (χ0) is 20.2. The molecule has 1 amide bonds. The van der Waals surface area contributed by atoms with Gasteiger partial charge in [-0.05, 0) is 62.0 Å². The van der Waals surface area contributed by atoms with Crippen LogP contribution in [0.2, 0.25) is 0 Å². The van der Waals surface area contributed by atoms with Gasteiger partial charge in [-0.1, -0.05) is 24.3 Å². The van der Waals surface area contributed by atoms with E-state index in [4.69, 9.17) is 0 Å². The SMILES string of the molecule is Cn1nccc1CN1CCC([C@H]2CC=CCN(Cc3ccc(F)cc3)C2=O)CC1. The van der Waals surface area contributed by atoms with Crippen molar-refractivity contribution in [1.82, 2.24) is 19.6 Å². The Morgan fingerprint density at radius 2 is 1.83 bits per heavy atom. The van der Waals surface area contributed by atoms with E-state index in [1.165, 1.54) is 17.8 Å². The van der Waals surface area contributed by atoms with Gasteiger partial charge in [-0.3, -0.25) is 14.4 Å². The second kappa shape index (κ2) is 8.91. The number of likely N-dealkylation sites (tertiary alicyclic amines) is 1. The van der Waals surface area contributed by atoms with Gasteiger partial charge in [0.1, 0.15) is 5.82 Å². The number of amides is 1. The number of allylic oxidation sites excluding steroid dienone is 1. The number of carbonyl (C=O) groups is 1. The van der Waals surface area contributed by atoms with Crippen LogP contribution < -0.4 is 0 Å². The lowest BCUT2D eigenvalue weighted by Gasteiger charge is -2.36. The van der Waals surface area contributed by atoms with Crippen LogP contribution in [0.25, 0.3) is 0 Å². The molecule has 0 saturated carbocycles. The van der Waals surface area contributed by atoms with E-state index in [2.05, 4.69) is 28.2 Å². The van der Waals surface area contributed by atoms with Gasteiger partial charge in [0.15, 0.2) is 0 Å². The molecule has 29 heavy (non-hydrogen) atoms. The fraction of sp³-hybridized carbons (Fsp3) is 0.478. The molecule has 3 heterocycles. The van der Waals surface area contributed by atoms with E-state index in [9.17, 15) is 9.18 Å². The molecule has 0 bridgehead atoms. The van der Waals surface area contributed by atoms with Crippen LogP contribution in [-0.4, -0.2) is 45.1 Å². The smallest absolute Gasteiger partial charge is 0.226 e. The van der Waals surface area contributed by atoms with Gasteiger partial charge in [0.05, 0.1) is 5.69 Å². The second-order valence-electron chi connectivity index (χ2n) is 8.22. The number of aromatic nitrogens is 2. The highest BCUT2D eigenvalue weighted by Gasteiger charge is 2.34. The van der Waals surface area contributed by atoms with Crippen molar-refractivity contribution in [2.24, 2.45) is 18.9 Å². The second-order valence-corrected chi connectivity index (χ2v) is 8.22. The molecule has 6 heteroatoms. The van der Waals surface area contributed by atoms with Gasteiger partial charge in [-0.15, -0.1) is 0 Å². The minimum absolute atomic E-state index is 0.0491. The number of hydrogen-bond acceptors (Lipinski definition) is 3. The third kappa shape index (κ3) is 4.75. The quantitative estimate of drug-likeness (QED) is 0.728. The van der Waals surface area contributed by atoms with E-state index in [1.54, 1.807) is 12.1 Å². The molecule has 1 aromatic carbocycles. The lowest BCUT2D eigenvalue weighted by Crippen LogP contribution is -2.42. The number of hydrogen-bond donors (Lipinski definition) is 0. The minimum atomic E-state index is -0.244. The Balaban J connectivity index is 1.36. The van der Waals surface area contributed by atoms with E-state index in [-0.39, 0.29) is 17.6 Å². The molecule has 2 aliphatic heterocycles. The largest absolute Gasteiger partial charge is 0.334 e. The summed E-state index contributed by atoms with van der Waals surface area (Å²) >= 11 is 0. The number of aryl methyl sites for hydroxylation is 1. The van der Waals surface area contributed by atoms with Crippen LogP contribution in [-0.2, 0) is 24.9 Å². The number of halogens is 1. The molecule has 1 atom stereocenters. The molecule has 2 aliphatic rings. The average Bonchev–Trinajstić information content (AvgIpc) is 3.04. The van der Waals surface area contributed by atoms with Gasteiger partial charge in [0.2, 0.25) is 5.91 Å². The molecule has 2 aromatic rings. The zero-order valence-corrected chi connectivity index (χ0v) is 17.0. The molecule has 4 rings (SSSR count). The van der Waals surface area contributed by atoms with E-state index in [0.29, 0.717) is 19.0 Å². The maximum Gasteiger partial charge on any atom is 0.226 e. The van der Waals surface area contributed by atoms with E-state index < -0.39 is 0 Å². The molecule has 0 N–H and O–H groups in total. The predicted octanol–water partition coefficient (Wildman–Crippen LogP) is 3.38. The fourth-order valence-corrected chi connectivity index (χ4v) is 4.52. The summed E-state index contributed by atoms with van der Waals surface area (Å²) in [6.45, 7) is 4.12. The van der Waals surface area contributed by atoms with Gasteiger partial charge in [-0.2, -0.15) is 5.10 Å². The summed E-state index contributed by atoms with van der Waals surface area (Å²) in [5.41, 5.74) is 2.20. The Hall–Kier alpha value is -2.47. The topological polar surface area (TPSA) is 41.4 Å². The molecule has 0 radical (unpaired) electrons. The fourth-order valence-electron chi connectivity index (χ4n) is 4.52. The summed E-state index contributed by atoms with van der Waals surface area (Å²) < 4.78 is 15.1. The number of carbonyl (C=O) groups excluding carboxylic acids is 1. The summed E-state index contributed by atoms with van der Waals surface area (Å²) in [6.07, 6.45) is 9.02. The Morgan fingerprint density at radius 1 is 1.07 bits per heavy atom. The first-order valence-corrected chi connectivity index (χ1v) is 10.5. The summed E-state index contributed by atoms with van der Waals surface area (Å²) in [5, 5.41) is 4.25. The number of piperidine rings is 1. The molecule has 0 unspecified atom stereocenters. The van der Waals surface area contributed by atoms with Gasteiger partial charge >= 0.3 is 0 Å². The summed E-state index contributed by atoms with van der Waals surface area (Å²) in [6, 6.07) is 8.53. The standard InChI is InChI=1S/C23H29FN4O/c1-26-21(9-12-25-26)17-27-14-10-19(11-15-27)22-4-2-3-13-28(23(22)29)16-18-5-7-20(24)8-6-18/h2-3,5-9,12,19,22H,4,10-11,13-17H2,1H3/t22-/m1/s1. The van der Waals surface area contributed by atoms with E-state index >= 15 is 0 Å². The van der Waals surface area contributed by atoms with Crippen molar-refractivity contribution in [3.8, 4) is 0 Å². The van der Waals surface area contributed by atoms with Crippen LogP contribution in [0.1, 0.15) is 30.5 Å². The monoisotopic (exact) mass is 396 g/mol. The lowest BCUT2D eigenvalue weighted by atomic mass is 9.81. The Bertz CT molecular complexity index is 852. The zero-order valence-electron chi connectivity index (χ0n) is 17.0.